The quantitative estimate of drug-likeness (QED) is 0.546. The second kappa shape index (κ2) is 8.77. The highest BCUT2D eigenvalue weighted by atomic mass is 79.9. The fourth-order valence-electron chi connectivity index (χ4n) is 2.33. The van der Waals surface area contributed by atoms with E-state index in [1.54, 1.807) is 31.0 Å². The number of ether oxygens (including phenoxy) is 2. The minimum absolute atomic E-state index is 0.335. The van der Waals surface area contributed by atoms with Gasteiger partial charge >= 0.3 is 0 Å². The van der Waals surface area contributed by atoms with Gasteiger partial charge in [0.2, 0.25) is 5.95 Å². The van der Waals surface area contributed by atoms with Crippen LogP contribution < -0.4 is 14.8 Å². The summed E-state index contributed by atoms with van der Waals surface area (Å²) in [5.41, 5.74) is 1.87. The van der Waals surface area contributed by atoms with Gasteiger partial charge in [-0.3, -0.25) is 0 Å². The highest BCUT2D eigenvalue weighted by molar-refractivity contribution is 9.10. The molecule has 0 spiro atoms. The van der Waals surface area contributed by atoms with Gasteiger partial charge in [-0.2, -0.15) is 0 Å². The first kappa shape index (κ1) is 19.7. The lowest BCUT2D eigenvalue weighted by Crippen LogP contribution is -2.07. The van der Waals surface area contributed by atoms with Crippen LogP contribution >= 0.6 is 39.1 Å². The molecule has 1 heterocycles. The lowest BCUT2D eigenvalue weighted by molar-refractivity contribution is 0.284. The minimum Gasteiger partial charge on any atom is -0.493 e. The monoisotopic (exact) mass is 471 g/mol. The Kier molecular flexibility index (Phi) is 6.41. The van der Waals surface area contributed by atoms with E-state index in [1.165, 1.54) is 0 Å². The number of hydrogen-bond acceptors (Lipinski definition) is 6. The summed E-state index contributed by atoms with van der Waals surface area (Å²) in [6.07, 6.45) is 0. The van der Waals surface area contributed by atoms with Gasteiger partial charge in [0.05, 0.1) is 17.2 Å². The van der Waals surface area contributed by atoms with E-state index in [4.69, 9.17) is 32.7 Å². The molecule has 0 aliphatic heterocycles. The molecular formula is C17H16BrCl2N5O2. The lowest BCUT2D eigenvalue weighted by atomic mass is 10.2. The number of rotatable bonds is 7. The van der Waals surface area contributed by atoms with Gasteiger partial charge in [0.1, 0.15) is 6.61 Å². The van der Waals surface area contributed by atoms with Gasteiger partial charge in [0.15, 0.2) is 11.5 Å². The van der Waals surface area contributed by atoms with E-state index < -0.39 is 0 Å². The van der Waals surface area contributed by atoms with Crippen LogP contribution in [0.3, 0.4) is 0 Å². The molecule has 0 saturated heterocycles. The first-order valence-electron chi connectivity index (χ1n) is 7.87. The molecule has 1 N–H and O–H groups in total. The number of tetrazole rings is 1. The van der Waals surface area contributed by atoms with Gasteiger partial charge in [-0.05, 0) is 45.8 Å². The van der Waals surface area contributed by atoms with Crippen molar-refractivity contribution in [1.82, 2.24) is 20.2 Å². The molecule has 0 aliphatic rings. The first-order valence-corrected chi connectivity index (χ1v) is 9.42. The van der Waals surface area contributed by atoms with Gasteiger partial charge in [-0.25, -0.2) is 4.68 Å². The van der Waals surface area contributed by atoms with E-state index in [2.05, 4.69) is 36.8 Å². The molecule has 0 fully saturated rings. The molecule has 2 aromatic carbocycles. The Labute approximate surface area is 174 Å². The van der Waals surface area contributed by atoms with Gasteiger partial charge < -0.3 is 14.8 Å². The predicted octanol–water partition coefficient (Wildman–Crippen LogP) is 4.48. The van der Waals surface area contributed by atoms with Crippen LogP contribution in [0.1, 0.15) is 11.1 Å². The molecule has 0 saturated carbocycles. The second-order valence-electron chi connectivity index (χ2n) is 5.61. The molecule has 10 heteroatoms. The Balaban J connectivity index is 1.73. The number of nitrogens with one attached hydrogen (secondary N) is 1. The van der Waals surface area contributed by atoms with Gasteiger partial charge in [-0.1, -0.05) is 50.3 Å². The van der Waals surface area contributed by atoms with Crippen LogP contribution in [-0.2, 0) is 20.2 Å². The number of anilines is 1. The minimum atomic E-state index is 0.335. The highest BCUT2D eigenvalue weighted by Crippen LogP contribution is 2.34. The zero-order valence-electron chi connectivity index (χ0n) is 14.5. The van der Waals surface area contributed by atoms with Crippen molar-refractivity contribution in [3.05, 3.63) is 56.0 Å². The van der Waals surface area contributed by atoms with Crippen LogP contribution in [0, 0.1) is 0 Å². The maximum Gasteiger partial charge on any atom is 0.242 e. The zero-order valence-corrected chi connectivity index (χ0v) is 17.6. The van der Waals surface area contributed by atoms with E-state index in [0.29, 0.717) is 40.6 Å². The van der Waals surface area contributed by atoms with Crippen LogP contribution in [0.25, 0.3) is 0 Å². The normalized spacial score (nSPS) is 10.7. The van der Waals surface area contributed by atoms with Crippen molar-refractivity contribution in [3.8, 4) is 11.5 Å². The number of nitrogens with zero attached hydrogens (tertiary/aromatic N) is 4. The second-order valence-corrected chi connectivity index (χ2v) is 7.28. The molecule has 142 valence electrons. The molecule has 0 atom stereocenters. The van der Waals surface area contributed by atoms with Gasteiger partial charge in [-0.15, -0.1) is 0 Å². The molecule has 0 bridgehead atoms. The van der Waals surface area contributed by atoms with Crippen LogP contribution in [0.5, 0.6) is 11.5 Å². The molecule has 27 heavy (non-hydrogen) atoms. The smallest absolute Gasteiger partial charge is 0.242 e. The molecule has 3 aromatic rings. The molecule has 0 radical (unpaired) electrons. The summed E-state index contributed by atoms with van der Waals surface area (Å²) in [5, 5.41) is 15.4. The van der Waals surface area contributed by atoms with Crippen molar-refractivity contribution in [2.45, 2.75) is 13.2 Å². The highest BCUT2D eigenvalue weighted by Gasteiger charge is 2.12. The van der Waals surface area contributed by atoms with Crippen LogP contribution in [0.4, 0.5) is 5.95 Å². The number of methoxy groups -OCH3 is 1. The Morgan fingerprint density at radius 1 is 1.15 bits per heavy atom. The predicted molar refractivity (Wildman–Crippen MR) is 108 cm³/mol. The average Bonchev–Trinajstić information content (AvgIpc) is 3.06. The van der Waals surface area contributed by atoms with Crippen molar-refractivity contribution in [3.63, 3.8) is 0 Å². The molecule has 0 aliphatic carbocycles. The summed E-state index contributed by atoms with van der Waals surface area (Å²) in [6, 6.07) is 9.14. The van der Waals surface area contributed by atoms with Crippen molar-refractivity contribution >= 4 is 45.1 Å². The van der Waals surface area contributed by atoms with Crippen molar-refractivity contribution < 1.29 is 9.47 Å². The standard InChI is InChI=1S/C17H16BrCl2N5O2/c1-25-17(22-23-24-25)21-8-11-6-15(26-2)16(7-12(11)18)27-9-10-3-4-13(19)14(20)5-10/h3-7H,8-9H2,1-2H3,(H,21,22,24). The van der Waals surface area contributed by atoms with Crippen molar-refractivity contribution in [1.29, 1.82) is 0 Å². The van der Waals surface area contributed by atoms with Crippen LogP contribution in [0.2, 0.25) is 10.0 Å². The summed E-state index contributed by atoms with van der Waals surface area (Å²) < 4.78 is 13.8. The third-order valence-corrected chi connectivity index (χ3v) is 5.25. The maximum atomic E-state index is 6.05. The molecule has 7 nitrogen and oxygen atoms in total. The van der Waals surface area contributed by atoms with Gasteiger partial charge in [0.25, 0.3) is 0 Å². The average molecular weight is 473 g/mol. The fourth-order valence-corrected chi connectivity index (χ4v) is 3.11. The van der Waals surface area contributed by atoms with Crippen molar-refractivity contribution in [2.24, 2.45) is 7.05 Å². The van der Waals surface area contributed by atoms with Crippen molar-refractivity contribution in [2.75, 3.05) is 12.4 Å². The van der Waals surface area contributed by atoms with Crippen LogP contribution in [0.15, 0.2) is 34.8 Å². The Morgan fingerprint density at radius 2 is 1.96 bits per heavy atom. The van der Waals surface area contributed by atoms with E-state index >= 15 is 0 Å². The number of aromatic nitrogens is 4. The maximum absolute atomic E-state index is 6.05. The Hall–Kier alpha value is -2.03. The number of benzene rings is 2. The number of hydrogen-bond donors (Lipinski definition) is 1. The molecular weight excluding hydrogens is 457 g/mol. The number of halogens is 3. The molecule has 0 unspecified atom stereocenters. The topological polar surface area (TPSA) is 74.1 Å². The van der Waals surface area contributed by atoms with Gasteiger partial charge in [0, 0.05) is 18.1 Å². The summed E-state index contributed by atoms with van der Waals surface area (Å²) >= 11 is 15.6. The Bertz CT molecular complexity index is 951. The summed E-state index contributed by atoms with van der Waals surface area (Å²) in [4.78, 5) is 0. The van der Waals surface area contributed by atoms with Crippen LogP contribution in [-0.4, -0.2) is 27.3 Å². The summed E-state index contributed by atoms with van der Waals surface area (Å²) in [7, 11) is 3.36. The van der Waals surface area contributed by atoms with E-state index in [0.717, 1.165) is 15.6 Å². The SMILES string of the molecule is COc1cc(CNc2nnnn2C)c(Br)cc1OCc1ccc(Cl)c(Cl)c1. The van der Waals surface area contributed by atoms with E-state index in [9.17, 15) is 0 Å². The molecule has 0 amide bonds. The largest absolute Gasteiger partial charge is 0.493 e. The van der Waals surface area contributed by atoms with E-state index in [1.807, 2.05) is 18.2 Å². The zero-order chi connectivity index (χ0) is 19.4. The fraction of sp³-hybridized carbons (Fsp3) is 0.235. The Morgan fingerprint density at radius 3 is 2.63 bits per heavy atom. The lowest BCUT2D eigenvalue weighted by Gasteiger charge is -2.14. The third-order valence-electron chi connectivity index (χ3n) is 3.77. The number of aryl methyl sites for hydroxylation is 1. The first-order chi connectivity index (χ1) is 13.0. The molecule has 1 aromatic heterocycles. The summed E-state index contributed by atoms with van der Waals surface area (Å²) in [6.45, 7) is 0.847. The summed E-state index contributed by atoms with van der Waals surface area (Å²) in [5.74, 6) is 1.80. The third kappa shape index (κ3) is 4.82. The molecule has 3 rings (SSSR count). The van der Waals surface area contributed by atoms with E-state index in [-0.39, 0.29) is 0 Å².